The second kappa shape index (κ2) is 6.94. The molecule has 6 nitrogen and oxygen atoms in total. The first-order valence-electron chi connectivity index (χ1n) is 9.31. The molecule has 0 aromatic carbocycles. The van der Waals surface area contributed by atoms with Crippen molar-refractivity contribution >= 4 is 34.6 Å². The van der Waals surface area contributed by atoms with Gasteiger partial charge in [0.15, 0.2) is 0 Å². The van der Waals surface area contributed by atoms with E-state index >= 15 is 0 Å². The van der Waals surface area contributed by atoms with Gasteiger partial charge in [0.2, 0.25) is 12.3 Å². The van der Waals surface area contributed by atoms with Gasteiger partial charge in [-0.05, 0) is 30.9 Å². The predicted molar refractivity (Wildman–Crippen MR) is 102 cm³/mol. The van der Waals surface area contributed by atoms with Crippen LogP contribution in [0.1, 0.15) is 37.7 Å². The Kier molecular flexibility index (Phi) is 4.49. The minimum atomic E-state index is 0.241. The molecule has 26 heavy (non-hydrogen) atoms. The average molecular weight is 352 g/mol. The largest absolute Gasteiger partial charge is 0.349 e. The predicted octanol–water partition coefficient (Wildman–Crippen LogP) is 2.95. The molecule has 1 saturated carbocycles. The number of hydrogen-bond donors (Lipinski definition) is 1. The molecule has 2 aromatic heterocycles. The van der Waals surface area contributed by atoms with Gasteiger partial charge in [-0.1, -0.05) is 18.9 Å². The number of nitrogens with zero attached hydrogens (tertiary/aromatic N) is 3. The van der Waals surface area contributed by atoms with Crippen LogP contribution in [0.15, 0.2) is 24.5 Å². The maximum atomic E-state index is 12.6. The van der Waals surface area contributed by atoms with Gasteiger partial charge in [-0.15, -0.1) is 0 Å². The van der Waals surface area contributed by atoms with E-state index in [1.807, 2.05) is 18.0 Å². The van der Waals surface area contributed by atoms with Crippen LogP contribution in [0, 0.1) is 5.92 Å². The van der Waals surface area contributed by atoms with Crippen molar-refractivity contribution in [3.63, 3.8) is 0 Å². The van der Waals surface area contributed by atoms with Crippen LogP contribution >= 0.6 is 0 Å². The molecule has 136 valence electrons. The Labute approximate surface area is 152 Å². The molecular formula is C20H24N4O2. The maximum absolute atomic E-state index is 12.6. The summed E-state index contributed by atoms with van der Waals surface area (Å²) in [5.41, 5.74) is 3.45. The third-order valence-corrected chi connectivity index (χ3v) is 5.65. The van der Waals surface area contributed by atoms with Gasteiger partial charge in [0, 0.05) is 43.2 Å². The summed E-state index contributed by atoms with van der Waals surface area (Å²) in [4.78, 5) is 29.6. The van der Waals surface area contributed by atoms with E-state index in [0.29, 0.717) is 24.7 Å². The number of carbonyl (C=O) groups excluding carboxylic acids is 2. The highest BCUT2D eigenvalue weighted by Gasteiger charge is 2.28. The van der Waals surface area contributed by atoms with Crippen molar-refractivity contribution in [1.29, 1.82) is 0 Å². The van der Waals surface area contributed by atoms with Crippen LogP contribution in [0.5, 0.6) is 0 Å². The Hall–Kier alpha value is -2.63. The molecule has 0 radical (unpaired) electrons. The summed E-state index contributed by atoms with van der Waals surface area (Å²) in [7, 11) is 2.00. The minimum Gasteiger partial charge on any atom is -0.349 e. The Morgan fingerprint density at radius 3 is 2.85 bits per heavy atom. The van der Waals surface area contributed by atoms with Crippen molar-refractivity contribution in [2.45, 2.75) is 32.1 Å². The lowest BCUT2D eigenvalue weighted by Crippen LogP contribution is -2.38. The summed E-state index contributed by atoms with van der Waals surface area (Å²) in [5.74, 6) is 1.12. The number of amides is 2. The lowest BCUT2D eigenvalue weighted by atomic mass is 9.98. The highest BCUT2D eigenvalue weighted by molar-refractivity contribution is 5.95. The summed E-state index contributed by atoms with van der Waals surface area (Å²) < 4.78 is 2.05. The number of fused-ring (bicyclic) bond motifs is 1. The van der Waals surface area contributed by atoms with Crippen molar-refractivity contribution in [2.24, 2.45) is 13.0 Å². The number of rotatable bonds is 4. The molecule has 0 saturated heterocycles. The van der Waals surface area contributed by atoms with Crippen LogP contribution in [0.3, 0.4) is 0 Å². The number of hydrogen-bond acceptors (Lipinski definition) is 3. The molecule has 2 aliphatic rings. The van der Waals surface area contributed by atoms with E-state index in [0.717, 1.165) is 42.3 Å². The fourth-order valence-corrected chi connectivity index (χ4v) is 4.22. The topological polar surface area (TPSA) is 67.2 Å². The summed E-state index contributed by atoms with van der Waals surface area (Å²) in [6.45, 7) is 1.47. The highest BCUT2D eigenvalue weighted by Crippen LogP contribution is 2.33. The van der Waals surface area contributed by atoms with Crippen LogP contribution in [0.2, 0.25) is 0 Å². The molecule has 3 heterocycles. The molecule has 1 aliphatic carbocycles. The van der Waals surface area contributed by atoms with Gasteiger partial charge in [0.25, 0.3) is 0 Å². The molecule has 0 unspecified atom stereocenters. The highest BCUT2D eigenvalue weighted by atomic mass is 16.2. The number of pyridine rings is 1. The van der Waals surface area contributed by atoms with Crippen LogP contribution in [0.4, 0.5) is 5.82 Å². The molecule has 2 amide bonds. The second-order valence-corrected chi connectivity index (χ2v) is 7.25. The Morgan fingerprint density at radius 2 is 2.15 bits per heavy atom. The molecule has 0 atom stereocenters. The zero-order valence-corrected chi connectivity index (χ0v) is 15.1. The fourth-order valence-electron chi connectivity index (χ4n) is 4.22. The van der Waals surface area contributed by atoms with Crippen LogP contribution in [-0.4, -0.2) is 39.9 Å². The molecule has 4 rings (SSSR count). The maximum Gasteiger partial charge on any atom is 0.225 e. The van der Waals surface area contributed by atoms with E-state index < -0.39 is 0 Å². The Balaban J connectivity index is 1.59. The first kappa shape index (κ1) is 16.8. The normalized spacial score (nSPS) is 18.2. The van der Waals surface area contributed by atoms with Gasteiger partial charge >= 0.3 is 0 Å². The van der Waals surface area contributed by atoms with Crippen LogP contribution < -0.4 is 5.32 Å². The molecule has 1 fully saturated rings. The van der Waals surface area contributed by atoms with E-state index in [1.54, 1.807) is 6.20 Å². The summed E-state index contributed by atoms with van der Waals surface area (Å²) in [6.07, 6.45) is 12.0. The van der Waals surface area contributed by atoms with Crippen molar-refractivity contribution < 1.29 is 9.59 Å². The van der Waals surface area contributed by atoms with E-state index in [4.69, 9.17) is 0 Å². The molecule has 6 heteroatoms. The molecule has 1 N–H and O–H groups in total. The van der Waals surface area contributed by atoms with Crippen molar-refractivity contribution in [1.82, 2.24) is 14.5 Å². The summed E-state index contributed by atoms with van der Waals surface area (Å²) >= 11 is 0. The number of carbonyl (C=O) groups is 2. The van der Waals surface area contributed by atoms with Crippen molar-refractivity contribution in [3.8, 4) is 0 Å². The Bertz CT molecular complexity index is 877. The first-order valence-corrected chi connectivity index (χ1v) is 9.31. The quantitative estimate of drug-likeness (QED) is 0.860. The zero-order valence-electron chi connectivity index (χ0n) is 15.1. The van der Waals surface area contributed by atoms with E-state index in [2.05, 4.69) is 27.1 Å². The van der Waals surface area contributed by atoms with Gasteiger partial charge in [-0.25, -0.2) is 4.98 Å². The summed E-state index contributed by atoms with van der Waals surface area (Å²) in [6, 6.07) is 1.91. The first-order chi connectivity index (χ1) is 12.7. The van der Waals surface area contributed by atoms with E-state index in [1.165, 1.54) is 18.4 Å². The molecular weight excluding hydrogens is 328 g/mol. The van der Waals surface area contributed by atoms with Gasteiger partial charge < -0.3 is 14.8 Å². The number of aryl methyl sites for hydroxylation is 1. The Morgan fingerprint density at radius 1 is 1.35 bits per heavy atom. The van der Waals surface area contributed by atoms with Gasteiger partial charge in [-0.3, -0.25) is 9.59 Å². The zero-order chi connectivity index (χ0) is 18.1. The lowest BCUT2D eigenvalue weighted by Gasteiger charge is -2.28. The summed E-state index contributed by atoms with van der Waals surface area (Å²) in [5, 5.41) is 3.70. The number of anilines is 1. The smallest absolute Gasteiger partial charge is 0.225 e. The van der Waals surface area contributed by atoms with Crippen molar-refractivity contribution in [2.75, 3.05) is 18.4 Å². The van der Waals surface area contributed by atoms with E-state index in [9.17, 15) is 9.59 Å². The third-order valence-electron chi connectivity index (χ3n) is 5.65. The monoisotopic (exact) mass is 352 g/mol. The number of nitrogens with one attached hydrogen (secondary N) is 1. The van der Waals surface area contributed by atoms with Crippen LogP contribution in [0.25, 0.3) is 16.5 Å². The van der Waals surface area contributed by atoms with Gasteiger partial charge in [0.05, 0.1) is 11.7 Å². The molecule has 1 aliphatic heterocycles. The third kappa shape index (κ3) is 3.00. The van der Waals surface area contributed by atoms with Crippen molar-refractivity contribution in [3.05, 3.63) is 30.1 Å². The van der Waals surface area contributed by atoms with Gasteiger partial charge in [-0.2, -0.15) is 0 Å². The van der Waals surface area contributed by atoms with E-state index in [-0.39, 0.29) is 5.92 Å². The minimum absolute atomic E-state index is 0.241. The average Bonchev–Trinajstić information content (AvgIpc) is 3.30. The second-order valence-electron chi connectivity index (χ2n) is 7.25. The standard InChI is InChI=1S/C20H24N4O2/c1-23-12-17(16-10-19(22-13-25)21-11-18(16)23)14-6-8-24(9-7-14)20(26)15-4-2-3-5-15/h6,10-13,15H,2-5,7-9H2,1H3,(H,21,22,25). The molecule has 0 spiro atoms. The fraction of sp³-hybridized carbons (Fsp3) is 0.450. The SMILES string of the molecule is Cn1cc(C2=CCN(C(=O)C3CCCC3)CC2)c2cc(NC=O)ncc21. The number of aromatic nitrogens is 2. The van der Waals surface area contributed by atoms with Gasteiger partial charge in [0.1, 0.15) is 5.82 Å². The molecule has 0 bridgehead atoms. The molecule has 2 aromatic rings. The van der Waals surface area contributed by atoms with Crippen LogP contribution in [-0.2, 0) is 16.6 Å². The lowest BCUT2D eigenvalue weighted by molar-refractivity contribution is -0.134.